The van der Waals surface area contributed by atoms with Gasteiger partial charge in [-0.05, 0) is 42.7 Å². The van der Waals surface area contributed by atoms with Crippen molar-refractivity contribution in [2.75, 3.05) is 0 Å². The number of hydrogen-bond donors (Lipinski definition) is 1. The van der Waals surface area contributed by atoms with E-state index in [4.69, 9.17) is 4.74 Å². The summed E-state index contributed by atoms with van der Waals surface area (Å²) in [6.07, 6.45) is 5.01. The maximum Gasteiger partial charge on any atom is 0.223 e. The number of pyridine rings is 1. The normalized spacial score (nSPS) is 14.2. The highest BCUT2D eigenvalue weighted by atomic mass is 16.5. The maximum absolute atomic E-state index is 11.8. The van der Waals surface area contributed by atoms with Gasteiger partial charge in [-0.1, -0.05) is 24.6 Å². The minimum Gasteiger partial charge on any atom is -0.487 e. The average Bonchev–Trinajstić information content (AvgIpc) is 2.51. The predicted octanol–water partition coefficient (Wildman–Crippen LogP) is 3.08. The maximum atomic E-state index is 11.8. The number of rotatable bonds is 6. The third-order valence-corrected chi connectivity index (χ3v) is 3.98. The molecule has 0 aliphatic heterocycles. The Labute approximate surface area is 130 Å². The highest BCUT2D eigenvalue weighted by Crippen LogP contribution is 2.26. The Hall–Kier alpha value is -2.36. The molecular weight excluding hydrogens is 276 g/mol. The zero-order valence-electron chi connectivity index (χ0n) is 12.5. The zero-order chi connectivity index (χ0) is 15.2. The van der Waals surface area contributed by atoms with E-state index in [1.807, 2.05) is 42.5 Å². The smallest absolute Gasteiger partial charge is 0.223 e. The Kier molecular flexibility index (Phi) is 4.68. The highest BCUT2D eigenvalue weighted by molar-refractivity contribution is 5.79. The molecule has 1 saturated carbocycles. The van der Waals surface area contributed by atoms with Crippen molar-refractivity contribution in [3.8, 4) is 5.75 Å². The lowest BCUT2D eigenvalue weighted by molar-refractivity contribution is -0.127. The Bertz CT molecular complexity index is 607. The van der Waals surface area contributed by atoms with E-state index in [2.05, 4.69) is 10.3 Å². The first-order valence-corrected chi connectivity index (χ1v) is 7.70. The highest BCUT2D eigenvalue weighted by Gasteiger charge is 2.24. The van der Waals surface area contributed by atoms with Crippen molar-refractivity contribution in [1.82, 2.24) is 10.3 Å². The van der Waals surface area contributed by atoms with Gasteiger partial charge in [0.1, 0.15) is 12.4 Å². The van der Waals surface area contributed by atoms with Gasteiger partial charge in [0.25, 0.3) is 0 Å². The molecule has 1 amide bonds. The first-order valence-electron chi connectivity index (χ1n) is 7.70. The minimum atomic E-state index is 0.182. The molecule has 4 nitrogen and oxygen atoms in total. The number of carbonyl (C=O) groups excluding carboxylic acids is 1. The van der Waals surface area contributed by atoms with Crippen LogP contribution in [-0.4, -0.2) is 10.9 Å². The van der Waals surface area contributed by atoms with Crippen LogP contribution in [0.5, 0.6) is 5.75 Å². The Balaban J connectivity index is 1.46. The second kappa shape index (κ2) is 7.07. The number of nitrogens with zero attached hydrogens (tertiary/aromatic N) is 1. The van der Waals surface area contributed by atoms with Crippen LogP contribution in [0.25, 0.3) is 0 Å². The molecule has 22 heavy (non-hydrogen) atoms. The van der Waals surface area contributed by atoms with Crippen molar-refractivity contribution in [3.63, 3.8) is 0 Å². The van der Waals surface area contributed by atoms with E-state index < -0.39 is 0 Å². The van der Waals surface area contributed by atoms with Crippen LogP contribution >= 0.6 is 0 Å². The number of carbonyl (C=O) groups is 1. The van der Waals surface area contributed by atoms with E-state index >= 15 is 0 Å². The van der Waals surface area contributed by atoms with Gasteiger partial charge in [0, 0.05) is 18.7 Å². The van der Waals surface area contributed by atoms with Gasteiger partial charge in [0.2, 0.25) is 5.91 Å². The summed E-state index contributed by atoms with van der Waals surface area (Å²) in [5.41, 5.74) is 1.98. The van der Waals surface area contributed by atoms with Crippen LogP contribution in [0.2, 0.25) is 0 Å². The number of aromatic nitrogens is 1. The zero-order valence-corrected chi connectivity index (χ0v) is 12.5. The van der Waals surface area contributed by atoms with Gasteiger partial charge in [-0.3, -0.25) is 9.78 Å². The van der Waals surface area contributed by atoms with Crippen molar-refractivity contribution < 1.29 is 9.53 Å². The summed E-state index contributed by atoms with van der Waals surface area (Å²) < 4.78 is 5.69. The number of ether oxygens (including phenoxy) is 1. The number of hydrogen-bond acceptors (Lipinski definition) is 3. The lowest BCUT2D eigenvalue weighted by atomic mass is 9.85. The van der Waals surface area contributed by atoms with Gasteiger partial charge in [-0.15, -0.1) is 0 Å². The fourth-order valence-electron chi connectivity index (χ4n) is 2.35. The van der Waals surface area contributed by atoms with E-state index in [0.717, 1.165) is 29.8 Å². The van der Waals surface area contributed by atoms with E-state index in [1.165, 1.54) is 6.42 Å². The molecule has 114 valence electrons. The Morgan fingerprint density at radius 3 is 2.64 bits per heavy atom. The van der Waals surface area contributed by atoms with Gasteiger partial charge in [-0.25, -0.2) is 0 Å². The molecule has 0 saturated heterocycles. The fourth-order valence-corrected chi connectivity index (χ4v) is 2.35. The summed E-state index contributed by atoms with van der Waals surface area (Å²) in [5, 5.41) is 2.99. The summed E-state index contributed by atoms with van der Waals surface area (Å²) in [5.74, 6) is 1.22. The molecule has 0 unspecified atom stereocenters. The Morgan fingerprint density at radius 1 is 1.18 bits per heavy atom. The van der Waals surface area contributed by atoms with Crippen LogP contribution in [0.4, 0.5) is 0 Å². The first kappa shape index (κ1) is 14.6. The molecule has 1 heterocycles. The number of nitrogens with one attached hydrogen (secondary N) is 1. The summed E-state index contributed by atoms with van der Waals surface area (Å²) >= 11 is 0. The number of amides is 1. The minimum absolute atomic E-state index is 0.182. The monoisotopic (exact) mass is 296 g/mol. The summed E-state index contributed by atoms with van der Waals surface area (Å²) in [6.45, 7) is 1.04. The molecule has 1 aromatic heterocycles. The molecular formula is C18H20N2O2. The third kappa shape index (κ3) is 3.85. The van der Waals surface area contributed by atoms with E-state index in [1.54, 1.807) is 6.20 Å². The van der Waals surface area contributed by atoms with Crippen LogP contribution < -0.4 is 10.1 Å². The van der Waals surface area contributed by atoms with E-state index in [0.29, 0.717) is 13.2 Å². The van der Waals surface area contributed by atoms with Gasteiger partial charge in [0.05, 0.1) is 5.69 Å². The molecule has 4 heteroatoms. The van der Waals surface area contributed by atoms with Crippen molar-refractivity contribution in [3.05, 3.63) is 59.9 Å². The molecule has 0 radical (unpaired) electrons. The van der Waals surface area contributed by atoms with E-state index in [9.17, 15) is 4.79 Å². The molecule has 0 bridgehead atoms. The fraction of sp³-hybridized carbons (Fsp3) is 0.333. The molecule has 1 aliphatic rings. The lowest BCUT2D eigenvalue weighted by Crippen LogP contribution is -2.33. The molecule has 0 spiro atoms. The molecule has 1 N–H and O–H groups in total. The van der Waals surface area contributed by atoms with Crippen LogP contribution in [0.15, 0.2) is 48.7 Å². The quantitative estimate of drug-likeness (QED) is 0.891. The molecule has 1 aromatic carbocycles. The molecule has 1 aliphatic carbocycles. The van der Waals surface area contributed by atoms with Crippen LogP contribution in [0.3, 0.4) is 0 Å². The van der Waals surface area contributed by atoms with Crippen molar-refractivity contribution in [1.29, 1.82) is 0 Å². The topological polar surface area (TPSA) is 51.2 Å². The Morgan fingerprint density at radius 2 is 2.00 bits per heavy atom. The van der Waals surface area contributed by atoms with Gasteiger partial charge < -0.3 is 10.1 Å². The van der Waals surface area contributed by atoms with Gasteiger partial charge in [-0.2, -0.15) is 0 Å². The molecule has 3 rings (SSSR count). The molecule has 2 aromatic rings. The molecule has 0 atom stereocenters. The SMILES string of the molecule is O=C(NCc1ccc(OCc2ccccn2)cc1)C1CCC1. The average molecular weight is 296 g/mol. The van der Waals surface area contributed by atoms with Crippen LogP contribution in [-0.2, 0) is 17.9 Å². The summed E-state index contributed by atoms with van der Waals surface area (Å²) in [6, 6.07) is 13.6. The largest absolute Gasteiger partial charge is 0.487 e. The van der Waals surface area contributed by atoms with Crippen molar-refractivity contribution in [2.45, 2.75) is 32.4 Å². The lowest BCUT2D eigenvalue weighted by Gasteiger charge is -2.24. The van der Waals surface area contributed by atoms with Gasteiger partial charge in [0.15, 0.2) is 0 Å². The second-order valence-electron chi connectivity index (χ2n) is 5.60. The van der Waals surface area contributed by atoms with E-state index in [-0.39, 0.29) is 11.8 Å². The number of benzene rings is 1. The predicted molar refractivity (Wildman–Crippen MR) is 84.2 cm³/mol. The standard InChI is InChI=1S/C18H20N2O2/c21-18(15-4-3-5-15)20-12-14-7-9-17(10-8-14)22-13-16-6-1-2-11-19-16/h1-2,6-11,15H,3-5,12-13H2,(H,20,21). The summed E-state index contributed by atoms with van der Waals surface area (Å²) in [7, 11) is 0. The van der Waals surface area contributed by atoms with Crippen molar-refractivity contribution >= 4 is 5.91 Å². The second-order valence-corrected chi connectivity index (χ2v) is 5.60. The van der Waals surface area contributed by atoms with Crippen molar-refractivity contribution in [2.24, 2.45) is 5.92 Å². The first-order chi connectivity index (χ1) is 10.8. The molecule has 1 fully saturated rings. The van der Waals surface area contributed by atoms with Gasteiger partial charge >= 0.3 is 0 Å². The third-order valence-electron chi connectivity index (χ3n) is 3.98. The van der Waals surface area contributed by atoms with Crippen LogP contribution in [0, 0.1) is 5.92 Å². The summed E-state index contributed by atoms with van der Waals surface area (Å²) in [4.78, 5) is 16.0. The van der Waals surface area contributed by atoms with Crippen LogP contribution in [0.1, 0.15) is 30.5 Å².